The molecule has 2 atom stereocenters. The smallest absolute Gasteiger partial charge is 0.258 e. The summed E-state index contributed by atoms with van der Waals surface area (Å²) in [5, 5.41) is 22.3. The van der Waals surface area contributed by atoms with Crippen molar-refractivity contribution in [3.8, 4) is 11.1 Å². The maximum Gasteiger partial charge on any atom is 0.258 e. The zero-order valence-corrected chi connectivity index (χ0v) is 28.8. The van der Waals surface area contributed by atoms with Crippen LogP contribution in [0, 0.1) is 27.7 Å². The number of azo groups is 2. The van der Waals surface area contributed by atoms with E-state index in [4.69, 9.17) is 23.2 Å². The van der Waals surface area contributed by atoms with Crippen molar-refractivity contribution in [1.82, 2.24) is 0 Å². The molecular formula is C36H34Cl2N6O4. The van der Waals surface area contributed by atoms with E-state index in [1.165, 1.54) is 13.8 Å². The first-order valence-electron chi connectivity index (χ1n) is 14.9. The molecule has 0 heterocycles. The third-order valence-corrected chi connectivity index (χ3v) is 7.97. The Labute approximate surface area is 288 Å². The normalized spacial score (nSPS) is 12.6. The van der Waals surface area contributed by atoms with Crippen LogP contribution in [0.2, 0.25) is 10.0 Å². The largest absolute Gasteiger partial charge is 0.324 e. The molecular weight excluding hydrogens is 651 g/mol. The Balaban J connectivity index is 1.48. The molecule has 4 aromatic carbocycles. The Hall–Kier alpha value is -5.06. The maximum atomic E-state index is 12.9. The van der Waals surface area contributed by atoms with Crippen LogP contribution in [0.5, 0.6) is 0 Å². The van der Waals surface area contributed by atoms with Crippen molar-refractivity contribution < 1.29 is 19.2 Å². The second kappa shape index (κ2) is 15.7. The molecule has 10 nitrogen and oxygen atoms in total. The van der Waals surface area contributed by atoms with Gasteiger partial charge in [-0.25, -0.2) is 0 Å². The van der Waals surface area contributed by atoms with Crippen molar-refractivity contribution in [2.45, 2.75) is 53.6 Å². The Morgan fingerprint density at radius 3 is 1.60 bits per heavy atom. The van der Waals surface area contributed by atoms with Crippen LogP contribution >= 0.6 is 23.2 Å². The second-order valence-corrected chi connectivity index (χ2v) is 12.2. The summed E-state index contributed by atoms with van der Waals surface area (Å²) in [5.74, 6) is -2.14. The molecule has 0 aliphatic carbocycles. The van der Waals surface area contributed by atoms with Gasteiger partial charge in [-0.15, -0.1) is 0 Å². The van der Waals surface area contributed by atoms with Gasteiger partial charge < -0.3 is 10.6 Å². The number of anilines is 2. The van der Waals surface area contributed by atoms with Gasteiger partial charge >= 0.3 is 0 Å². The minimum atomic E-state index is -1.36. The van der Waals surface area contributed by atoms with Crippen molar-refractivity contribution in [3.05, 3.63) is 105 Å². The third kappa shape index (κ3) is 9.05. The molecule has 246 valence electrons. The first kappa shape index (κ1) is 35.8. The number of Topliss-reactive ketones (excluding diaryl/α,β-unsaturated/α-hetero) is 2. The standard InChI is InChI=1S/C36H34Cl2N6O4/c1-19-7-9-21(3)31(15-19)39-35(47)33(23(5)45)43-41-26-12-13-27(28(37)18-26)25-11-14-30(29(38)17-25)42-44-34(24(6)46)36(48)40-32-16-20(2)8-10-22(32)4/h7-18,33-34H,1-6H3,(H,39,47)(H,40,48). The average molecular weight is 686 g/mol. The van der Waals surface area contributed by atoms with E-state index >= 15 is 0 Å². The van der Waals surface area contributed by atoms with Crippen LogP contribution in [0.1, 0.15) is 36.1 Å². The van der Waals surface area contributed by atoms with Crippen LogP contribution < -0.4 is 10.6 Å². The highest BCUT2D eigenvalue weighted by molar-refractivity contribution is 6.34. The lowest BCUT2D eigenvalue weighted by Crippen LogP contribution is -2.32. The predicted octanol–water partition coefficient (Wildman–Crippen LogP) is 9.25. The van der Waals surface area contributed by atoms with E-state index in [2.05, 4.69) is 31.1 Å². The fourth-order valence-electron chi connectivity index (χ4n) is 4.58. The number of halogens is 2. The number of ketones is 2. The van der Waals surface area contributed by atoms with Crippen LogP contribution in [0.4, 0.5) is 22.7 Å². The maximum absolute atomic E-state index is 12.9. The first-order chi connectivity index (χ1) is 22.7. The van der Waals surface area contributed by atoms with Crippen LogP contribution in [-0.4, -0.2) is 35.5 Å². The van der Waals surface area contributed by atoms with Gasteiger partial charge in [0, 0.05) is 16.9 Å². The van der Waals surface area contributed by atoms with Gasteiger partial charge in [0.15, 0.2) is 11.6 Å². The van der Waals surface area contributed by atoms with Crippen molar-refractivity contribution in [3.63, 3.8) is 0 Å². The molecule has 0 aromatic heterocycles. The van der Waals surface area contributed by atoms with Gasteiger partial charge in [0.05, 0.1) is 15.7 Å². The molecule has 0 bridgehead atoms. The molecule has 0 aliphatic heterocycles. The Kier molecular flexibility index (Phi) is 11.7. The van der Waals surface area contributed by atoms with Crippen LogP contribution in [0.3, 0.4) is 0 Å². The Bertz CT molecular complexity index is 1970. The first-order valence-corrected chi connectivity index (χ1v) is 15.7. The van der Waals surface area contributed by atoms with Gasteiger partial charge in [-0.3, -0.25) is 19.2 Å². The second-order valence-electron chi connectivity index (χ2n) is 11.4. The third-order valence-electron chi connectivity index (χ3n) is 7.35. The van der Waals surface area contributed by atoms with Crippen molar-refractivity contribution >= 4 is 69.3 Å². The minimum absolute atomic E-state index is 0.215. The average Bonchev–Trinajstić information content (AvgIpc) is 3.01. The van der Waals surface area contributed by atoms with Crippen LogP contribution in [0.15, 0.2) is 93.3 Å². The highest BCUT2D eigenvalue weighted by atomic mass is 35.5. The van der Waals surface area contributed by atoms with Gasteiger partial charge in [-0.2, -0.15) is 20.5 Å². The lowest BCUT2D eigenvalue weighted by molar-refractivity contribution is -0.127. The van der Waals surface area contributed by atoms with Crippen LogP contribution in [0.25, 0.3) is 11.1 Å². The number of nitrogens with zero attached hydrogens (tertiary/aromatic N) is 4. The van der Waals surface area contributed by atoms with E-state index in [9.17, 15) is 19.2 Å². The van der Waals surface area contributed by atoms with Gasteiger partial charge in [-0.1, -0.05) is 59.6 Å². The summed E-state index contributed by atoms with van der Waals surface area (Å²) in [5.41, 5.74) is 6.65. The van der Waals surface area contributed by atoms with Gasteiger partial charge in [0.1, 0.15) is 5.69 Å². The number of carbonyl (C=O) groups excluding carboxylic acids is 4. The van der Waals surface area contributed by atoms with E-state index in [0.29, 0.717) is 33.2 Å². The summed E-state index contributed by atoms with van der Waals surface area (Å²) < 4.78 is 0. The van der Waals surface area contributed by atoms with E-state index < -0.39 is 35.5 Å². The molecule has 0 radical (unpaired) electrons. The monoisotopic (exact) mass is 684 g/mol. The molecule has 0 aliphatic rings. The molecule has 0 spiro atoms. The van der Waals surface area contributed by atoms with Crippen molar-refractivity contribution in [2.75, 3.05) is 10.6 Å². The number of aryl methyl sites for hydroxylation is 4. The number of benzene rings is 4. The zero-order valence-electron chi connectivity index (χ0n) is 27.3. The fraction of sp³-hybridized carbons (Fsp3) is 0.222. The summed E-state index contributed by atoms with van der Waals surface area (Å²) in [6.45, 7) is 10.1. The highest BCUT2D eigenvalue weighted by Gasteiger charge is 2.25. The summed E-state index contributed by atoms with van der Waals surface area (Å²) in [6.07, 6.45) is 0. The summed E-state index contributed by atoms with van der Waals surface area (Å²) in [7, 11) is 0. The molecule has 0 fully saturated rings. The molecule has 48 heavy (non-hydrogen) atoms. The fourth-order valence-corrected chi connectivity index (χ4v) is 5.08. The molecule has 2 N–H and O–H groups in total. The Morgan fingerprint density at radius 1 is 0.604 bits per heavy atom. The Morgan fingerprint density at radius 2 is 1.12 bits per heavy atom. The molecule has 2 amide bonds. The topological polar surface area (TPSA) is 142 Å². The number of rotatable bonds is 11. The molecule has 4 rings (SSSR count). The zero-order chi connectivity index (χ0) is 35.1. The highest BCUT2D eigenvalue weighted by Crippen LogP contribution is 2.36. The van der Waals surface area contributed by atoms with E-state index in [0.717, 1.165) is 22.3 Å². The molecule has 12 heteroatoms. The quantitative estimate of drug-likeness (QED) is 0.120. The SMILES string of the molecule is CC(=O)C(N=Nc1ccc(-c2ccc(N=NC(C(C)=O)C(=O)Nc3cc(C)ccc3C)c(Cl)c2)c(Cl)c1)C(=O)Nc1cc(C)ccc1C. The molecule has 0 saturated heterocycles. The number of hydrogen-bond acceptors (Lipinski definition) is 8. The van der Waals surface area contributed by atoms with E-state index in [-0.39, 0.29) is 10.7 Å². The summed E-state index contributed by atoms with van der Waals surface area (Å²) in [4.78, 5) is 50.3. The number of amides is 2. The molecule has 4 aromatic rings. The number of nitrogens with one attached hydrogen (secondary N) is 2. The summed E-state index contributed by atoms with van der Waals surface area (Å²) in [6, 6.07) is 18.3. The summed E-state index contributed by atoms with van der Waals surface area (Å²) >= 11 is 13.1. The molecule has 2 unspecified atom stereocenters. The van der Waals surface area contributed by atoms with E-state index in [1.807, 2.05) is 64.1 Å². The van der Waals surface area contributed by atoms with E-state index in [1.54, 1.807) is 36.4 Å². The molecule has 0 saturated carbocycles. The van der Waals surface area contributed by atoms with Crippen molar-refractivity contribution in [1.29, 1.82) is 0 Å². The number of hydrogen-bond donors (Lipinski definition) is 2. The van der Waals surface area contributed by atoms with Gasteiger partial charge in [0.2, 0.25) is 12.1 Å². The minimum Gasteiger partial charge on any atom is -0.324 e. The lowest BCUT2D eigenvalue weighted by atomic mass is 10.0. The lowest BCUT2D eigenvalue weighted by Gasteiger charge is -2.12. The predicted molar refractivity (Wildman–Crippen MR) is 189 cm³/mol. The number of carbonyl (C=O) groups is 4. The van der Waals surface area contributed by atoms with Gasteiger partial charge in [-0.05, 0) is 106 Å². The van der Waals surface area contributed by atoms with Crippen molar-refractivity contribution in [2.24, 2.45) is 20.5 Å². The van der Waals surface area contributed by atoms with Gasteiger partial charge in [0.25, 0.3) is 11.8 Å². The van der Waals surface area contributed by atoms with Crippen LogP contribution in [-0.2, 0) is 19.2 Å².